The van der Waals surface area contributed by atoms with Gasteiger partial charge in [-0.3, -0.25) is 19.2 Å². The molecule has 0 radical (unpaired) electrons. The van der Waals surface area contributed by atoms with Crippen LogP contribution in [0.2, 0.25) is 0 Å². The van der Waals surface area contributed by atoms with Crippen molar-refractivity contribution in [2.45, 2.75) is 11.8 Å². The maximum atomic E-state index is 13.1. The number of carboxylic acids is 1. The molecule has 10 heteroatoms. The molecule has 0 aromatic heterocycles. The van der Waals surface area contributed by atoms with Crippen LogP contribution in [0.25, 0.3) is 0 Å². The molecule has 0 spiro atoms. The second kappa shape index (κ2) is 7.40. The van der Waals surface area contributed by atoms with Crippen LogP contribution in [0.1, 0.15) is 5.56 Å². The van der Waals surface area contributed by atoms with Gasteiger partial charge in [0.2, 0.25) is 0 Å². The molecule has 9 nitrogen and oxygen atoms in total. The number of aliphatic carboxylic acids is 1. The van der Waals surface area contributed by atoms with E-state index in [1.165, 1.54) is 44.4 Å². The standard InChI is InChI=1S/C16H16N2O7S/c1-11-6-7-13(18(21)22)9-15(11)26(23,24)17(10-16(19)20)12-4-3-5-14(8-12)25-2/h3-9H,10H2,1-2H3,(H,19,20). The van der Waals surface area contributed by atoms with E-state index in [1.807, 2.05) is 0 Å². The van der Waals surface area contributed by atoms with Gasteiger partial charge in [0.1, 0.15) is 12.3 Å². The Balaban J connectivity index is 2.65. The zero-order chi connectivity index (χ0) is 19.5. The number of carboxylic acid groups (broad SMARTS) is 1. The van der Waals surface area contributed by atoms with Crippen molar-refractivity contribution in [3.05, 3.63) is 58.1 Å². The summed E-state index contributed by atoms with van der Waals surface area (Å²) in [6.45, 7) is 0.624. The van der Waals surface area contributed by atoms with Crippen LogP contribution in [0.3, 0.4) is 0 Å². The number of hydrogen-bond acceptors (Lipinski definition) is 6. The maximum Gasteiger partial charge on any atom is 0.324 e. The number of nitrogens with zero attached hydrogens (tertiary/aromatic N) is 2. The molecule has 2 aromatic carbocycles. The van der Waals surface area contributed by atoms with Crippen LogP contribution in [0.5, 0.6) is 5.75 Å². The molecule has 0 aliphatic rings. The van der Waals surface area contributed by atoms with E-state index in [2.05, 4.69) is 0 Å². The fourth-order valence-corrected chi connectivity index (χ4v) is 3.96. The van der Waals surface area contributed by atoms with Crippen molar-refractivity contribution >= 4 is 27.4 Å². The minimum atomic E-state index is -4.37. The van der Waals surface area contributed by atoms with Crippen LogP contribution in [0, 0.1) is 17.0 Å². The first kappa shape index (κ1) is 19.2. The average Bonchev–Trinajstić information content (AvgIpc) is 2.59. The number of nitro benzene ring substituents is 1. The van der Waals surface area contributed by atoms with E-state index in [1.54, 1.807) is 6.07 Å². The van der Waals surface area contributed by atoms with Gasteiger partial charge in [-0.15, -0.1) is 0 Å². The number of anilines is 1. The van der Waals surface area contributed by atoms with Crippen LogP contribution >= 0.6 is 0 Å². The summed E-state index contributed by atoms with van der Waals surface area (Å²) in [5.41, 5.74) is -0.0818. The van der Waals surface area contributed by atoms with Crippen molar-refractivity contribution < 1.29 is 28.0 Å². The molecule has 0 fully saturated rings. The van der Waals surface area contributed by atoms with Crippen molar-refractivity contribution in [2.75, 3.05) is 18.0 Å². The molecule has 0 unspecified atom stereocenters. The van der Waals surface area contributed by atoms with Gasteiger partial charge in [0, 0.05) is 18.2 Å². The molecular weight excluding hydrogens is 364 g/mol. The number of hydrogen-bond donors (Lipinski definition) is 1. The lowest BCUT2D eigenvalue weighted by Gasteiger charge is -2.24. The Labute approximate surface area is 149 Å². The summed E-state index contributed by atoms with van der Waals surface area (Å²) in [5.74, 6) is -1.04. The summed E-state index contributed by atoms with van der Waals surface area (Å²) in [5, 5.41) is 20.1. The molecule has 2 rings (SSSR count). The van der Waals surface area contributed by atoms with Crippen LogP contribution in [-0.2, 0) is 14.8 Å². The van der Waals surface area contributed by atoms with E-state index >= 15 is 0 Å². The second-order valence-corrected chi connectivity index (χ2v) is 7.14. The van der Waals surface area contributed by atoms with Gasteiger partial charge in [0.15, 0.2) is 0 Å². The lowest BCUT2D eigenvalue weighted by Crippen LogP contribution is -2.36. The number of benzene rings is 2. The maximum absolute atomic E-state index is 13.1. The number of non-ortho nitro benzene ring substituents is 1. The molecule has 26 heavy (non-hydrogen) atoms. The van der Waals surface area contributed by atoms with Crippen molar-refractivity contribution in [1.29, 1.82) is 0 Å². The van der Waals surface area contributed by atoms with E-state index in [0.717, 1.165) is 6.07 Å². The Morgan fingerprint density at radius 2 is 1.96 bits per heavy atom. The van der Waals surface area contributed by atoms with Gasteiger partial charge in [-0.25, -0.2) is 8.42 Å². The summed E-state index contributed by atoms with van der Waals surface area (Å²) < 4.78 is 31.8. The van der Waals surface area contributed by atoms with Gasteiger partial charge in [0.25, 0.3) is 15.7 Å². The topological polar surface area (TPSA) is 127 Å². The predicted molar refractivity (Wildman–Crippen MR) is 93.0 cm³/mol. The first-order valence-corrected chi connectivity index (χ1v) is 8.74. The number of nitro groups is 1. The molecule has 0 amide bonds. The highest BCUT2D eigenvalue weighted by atomic mass is 32.2. The lowest BCUT2D eigenvalue weighted by molar-refractivity contribution is -0.385. The van der Waals surface area contributed by atoms with Crippen LogP contribution in [0.4, 0.5) is 11.4 Å². The number of methoxy groups -OCH3 is 1. The van der Waals surface area contributed by atoms with Crippen molar-refractivity contribution in [1.82, 2.24) is 0 Å². The van der Waals surface area contributed by atoms with E-state index in [4.69, 9.17) is 9.84 Å². The molecule has 2 aromatic rings. The number of aryl methyl sites for hydroxylation is 1. The summed E-state index contributed by atoms with van der Waals surface area (Å²) in [6, 6.07) is 9.27. The minimum absolute atomic E-state index is 0.0673. The lowest BCUT2D eigenvalue weighted by atomic mass is 10.2. The van der Waals surface area contributed by atoms with Crippen LogP contribution in [-0.4, -0.2) is 38.1 Å². The zero-order valence-electron chi connectivity index (χ0n) is 13.9. The number of carbonyl (C=O) groups is 1. The molecule has 0 bridgehead atoms. The first-order chi connectivity index (χ1) is 12.2. The molecule has 0 saturated carbocycles. The monoisotopic (exact) mass is 380 g/mol. The van der Waals surface area contributed by atoms with Gasteiger partial charge in [0.05, 0.1) is 22.6 Å². The first-order valence-electron chi connectivity index (χ1n) is 7.30. The molecule has 0 aliphatic heterocycles. The van der Waals surface area contributed by atoms with Crippen molar-refractivity contribution in [2.24, 2.45) is 0 Å². The molecular formula is C16H16N2O7S. The number of sulfonamides is 1. The van der Waals surface area contributed by atoms with E-state index in [9.17, 15) is 23.3 Å². The second-order valence-electron chi connectivity index (χ2n) is 5.31. The average molecular weight is 380 g/mol. The Kier molecular flexibility index (Phi) is 5.46. The summed E-state index contributed by atoms with van der Waals surface area (Å²) >= 11 is 0. The van der Waals surface area contributed by atoms with Gasteiger partial charge in [-0.05, 0) is 24.6 Å². The highest BCUT2D eigenvalue weighted by Crippen LogP contribution is 2.30. The largest absolute Gasteiger partial charge is 0.497 e. The molecule has 0 saturated heterocycles. The summed E-state index contributed by atoms with van der Waals surface area (Å²) in [6.07, 6.45) is 0. The Bertz CT molecular complexity index is 957. The van der Waals surface area contributed by atoms with Crippen molar-refractivity contribution in [3.63, 3.8) is 0 Å². The van der Waals surface area contributed by atoms with Gasteiger partial charge >= 0.3 is 5.97 Å². The molecule has 0 aliphatic carbocycles. The molecule has 138 valence electrons. The number of rotatable bonds is 7. The van der Waals surface area contributed by atoms with Gasteiger partial charge < -0.3 is 9.84 Å². The number of ether oxygens (including phenoxy) is 1. The third-order valence-electron chi connectivity index (χ3n) is 3.57. The Morgan fingerprint density at radius 3 is 2.54 bits per heavy atom. The molecule has 0 atom stereocenters. The van der Waals surface area contributed by atoms with E-state index in [0.29, 0.717) is 10.1 Å². The van der Waals surface area contributed by atoms with Crippen molar-refractivity contribution in [3.8, 4) is 5.75 Å². The Morgan fingerprint density at radius 1 is 1.27 bits per heavy atom. The van der Waals surface area contributed by atoms with Crippen LogP contribution in [0.15, 0.2) is 47.4 Å². The summed E-state index contributed by atoms with van der Waals surface area (Å²) in [4.78, 5) is 21.2. The van der Waals surface area contributed by atoms with Gasteiger partial charge in [-0.1, -0.05) is 12.1 Å². The minimum Gasteiger partial charge on any atom is -0.497 e. The van der Waals surface area contributed by atoms with E-state index < -0.39 is 33.1 Å². The highest BCUT2D eigenvalue weighted by molar-refractivity contribution is 7.93. The molecule has 0 heterocycles. The SMILES string of the molecule is COc1cccc(N(CC(=O)O)S(=O)(=O)c2cc([N+](=O)[O-])ccc2C)c1. The highest BCUT2D eigenvalue weighted by Gasteiger charge is 2.30. The summed E-state index contributed by atoms with van der Waals surface area (Å²) in [7, 11) is -2.98. The predicted octanol–water partition coefficient (Wildman–Crippen LogP) is 2.19. The Hall–Kier alpha value is -3.14. The smallest absolute Gasteiger partial charge is 0.324 e. The van der Waals surface area contributed by atoms with E-state index in [-0.39, 0.29) is 16.1 Å². The fraction of sp³-hybridized carbons (Fsp3) is 0.188. The fourth-order valence-electron chi connectivity index (χ4n) is 2.30. The third kappa shape index (κ3) is 3.91. The molecule has 1 N–H and O–H groups in total. The normalized spacial score (nSPS) is 11.0. The zero-order valence-corrected chi connectivity index (χ0v) is 14.8. The quantitative estimate of drug-likeness (QED) is 0.576. The van der Waals surface area contributed by atoms with Crippen LogP contribution < -0.4 is 9.04 Å². The third-order valence-corrected chi connectivity index (χ3v) is 5.49. The van der Waals surface area contributed by atoms with Gasteiger partial charge in [-0.2, -0.15) is 0 Å².